The highest BCUT2D eigenvalue weighted by Gasteiger charge is 2.42. The molecule has 206 valence electrons. The predicted octanol–water partition coefficient (Wildman–Crippen LogP) is 7.55. The molecule has 0 spiro atoms. The molecule has 40 heavy (non-hydrogen) atoms. The van der Waals surface area contributed by atoms with Gasteiger partial charge in [-0.05, 0) is 47.6 Å². The first-order chi connectivity index (χ1) is 19.0. The molecule has 0 aliphatic heterocycles. The van der Waals surface area contributed by atoms with Crippen molar-refractivity contribution in [3.8, 4) is 17.7 Å². The van der Waals surface area contributed by atoms with Gasteiger partial charge >= 0.3 is 0 Å². The molecule has 0 aliphatic carbocycles. The van der Waals surface area contributed by atoms with Crippen molar-refractivity contribution in [2.75, 3.05) is 0 Å². The van der Waals surface area contributed by atoms with E-state index < -0.39 is 10.8 Å². The van der Waals surface area contributed by atoms with Crippen molar-refractivity contribution < 1.29 is 0 Å². The fourth-order valence-corrected chi connectivity index (χ4v) is 4.76. The van der Waals surface area contributed by atoms with Crippen molar-refractivity contribution in [2.45, 2.75) is 90.9 Å². The number of nitrogens with zero attached hydrogens (tertiary/aromatic N) is 8. The van der Waals surface area contributed by atoms with Gasteiger partial charge in [-0.2, -0.15) is 10.4 Å². The van der Waals surface area contributed by atoms with Gasteiger partial charge in [0.25, 0.3) is 5.82 Å². The van der Waals surface area contributed by atoms with E-state index in [1.165, 1.54) is 0 Å². The third-order valence-corrected chi connectivity index (χ3v) is 8.74. The van der Waals surface area contributed by atoms with Crippen LogP contribution in [0.15, 0.2) is 48.8 Å². The van der Waals surface area contributed by atoms with Crippen LogP contribution < -0.4 is 0 Å². The molecule has 0 radical (unpaired) electrons. The van der Waals surface area contributed by atoms with Crippen LogP contribution in [0.5, 0.6) is 0 Å². The van der Waals surface area contributed by atoms with Gasteiger partial charge in [-0.1, -0.05) is 80.5 Å². The maximum absolute atomic E-state index is 9.64. The van der Waals surface area contributed by atoms with Gasteiger partial charge in [0.15, 0.2) is 17.3 Å². The van der Waals surface area contributed by atoms with E-state index in [-0.39, 0.29) is 11.8 Å². The lowest BCUT2D eigenvalue weighted by atomic mass is 9.64. The second kappa shape index (κ2) is 11.1. The number of pyridine rings is 2. The third-order valence-electron chi connectivity index (χ3n) is 8.74. The maximum Gasteiger partial charge on any atom is 0.299 e. The average Bonchev–Trinajstić information content (AvgIpc) is 3.61. The van der Waals surface area contributed by atoms with E-state index in [4.69, 9.17) is 16.5 Å². The van der Waals surface area contributed by atoms with Crippen LogP contribution >= 0.6 is 0 Å². The Balaban J connectivity index is 1.72. The Morgan fingerprint density at radius 2 is 1.30 bits per heavy atom. The Bertz CT molecular complexity index is 1470. The Morgan fingerprint density at radius 3 is 1.77 bits per heavy atom. The predicted molar refractivity (Wildman–Crippen MR) is 157 cm³/mol. The van der Waals surface area contributed by atoms with Crippen LogP contribution in [0.4, 0.5) is 5.82 Å². The number of hydrogen-bond acceptors (Lipinski definition) is 5. The molecule has 4 rings (SSSR count). The zero-order valence-electron chi connectivity index (χ0n) is 24.8. The van der Waals surface area contributed by atoms with Crippen LogP contribution in [-0.4, -0.2) is 29.5 Å². The van der Waals surface area contributed by atoms with Gasteiger partial charge in [0, 0.05) is 45.7 Å². The minimum atomic E-state index is -0.424. The minimum Gasteiger partial charge on any atom is -0.359 e. The summed E-state index contributed by atoms with van der Waals surface area (Å²) in [6.45, 7) is 24.7. The molecule has 8 heteroatoms. The van der Waals surface area contributed by atoms with Crippen LogP contribution in [0.3, 0.4) is 0 Å². The number of rotatable bonds is 9. The van der Waals surface area contributed by atoms with Crippen LogP contribution in [0.25, 0.3) is 16.5 Å². The monoisotopic (exact) mass is 534 g/mol. The van der Waals surface area contributed by atoms with Gasteiger partial charge in [-0.3, -0.25) is 0 Å². The van der Waals surface area contributed by atoms with Crippen LogP contribution in [0, 0.1) is 17.9 Å². The molecule has 0 aromatic carbocycles. The molecule has 0 saturated carbocycles. The van der Waals surface area contributed by atoms with E-state index in [0.29, 0.717) is 23.1 Å². The van der Waals surface area contributed by atoms with Gasteiger partial charge < -0.3 is 4.85 Å². The van der Waals surface area contributed by atoms with Crippen molar-refractivity contribution in [3.63, 3.8) is 0 Å². The second-order valence-corrected chi connectivity index (χ2v) is 11.6. The molecule has 0 N–H and O–H groups in total. The largest absolute Gasteiger partial charge is 0.359 e. The molecule has 0 amide bonds. The molecular formula is C32H38N8. The summed E-state index contributed by atoms with van der Waals surface area (Å²) in [5.41, 5.74) is 3.28. The normalized spacial score (nSPS) is 13.4. The van der Waals surface area contributed by atoms with E-state index in [1.807, 2.05) is 48.8 Å². The van der Waals surface area contributed by atoms with E-state index in [1.54, 1.807) is 9.36 Å². The standard InChI is InChI=1S/C32H38N8/c1-10-21(3)23-19-39(37-25(23)18-33)28-16-12-14-26(35-28)31(5,6)32(7,8)27-15-13-17-29(36-27)40-20-24(22(4)11-2)30(34-9)38-40/h12-17,19-22H,10-11H2,1-8H3. The zero-order chi connectivity index (χ0) is 29.2. The number of nitriles is 1. The Kier molecular flexibility index (Phi) is 7.93. The molecule has 0 fully saturated rings. The van der Waals surface area contributed by atoms with Crippen LogP contribution in [-0.2, 0) is 10.8 Å². The maximum atomic E-state index is 9.64. The van der Waals surface area contributed by atoms with Crippen LogP contribution in [0.1, 0.15) is 108 Å². The lowest BCUT2D eigenvalue weighted by Crippen LogP contribution is -2.42. The van der Waals surface area contributed by atoms with Crippen molar-refractivity contribution >= 4 is 5.82 Å². The highest BCUT2D eigenvalue weighted by Crippen LogP contribution is 2.43. The Morgan fingerprint density at radius 1 is 0.825 bits per heavy atom. The minimum absolute atomic E-state index is 0.238. The van der Waals surface area contributed by atoms with E-state index in [0.717, 1.165) is 35.4 Å². The highest BCUT2D eigenvalue weighted by atomic mass is 15.3. The summed E-state index contributed by atoms with van der Waals surface area (Å²) in [5.74, 6) is 2.27. The smallest absolute Gasteiger partial charge is 0.299 e. The SMILES string of the molecule is [C-]#[N+]c1nn(-c2cccc(C(C)(C)C(C)(C)c3cccc(-n4cc(C(C)CC)c(C#N)n4)n3)n2)cc1C(C)CC. The lowest BCUT2D eigenvalue weighted by Gasteiger charge is -2.41. The van der Waals surface area contributed by atoms with Gasteiger partial charge in [-0.15, -0.1) is 4.68 Å². The number of hydrogen-bond donors (Lipinski definition) is 0. The van der Waals surface area contributed by atoms with Crippen molar-refractivity contribution in [1.29, 1.82) is 5.26 Å². The summed E-state index contributed by atoms with van der Waals surface area (Å²) in [4.78, 5) is 13.7. The van der Waals surface area contributed by atoms with Gasteiger partial charge in [0.05, 0.1) is 0 Å². The van der Waals surface area contributed by atoms with Gasteiger partial charge in [0.2, 0.25) is 0 Å². The summed E-state index contributed by atoms with van der Waals surface area (Å²) in [7, 11) is 0. The van der Waals surface area contributed by atoms with Crippen molar-refractivity contribution in [1.82, 2.24) is 29.5 Å². The van der Waals surface area contributed by atoms with E-state index in [2.05, 4.69) is 76.5 Å². The first-order valence-electron chi connectivity index (χ1n) is 13.9. The molecule has 2 unspecified atom stereocenters. The Hall–Kier alpha value is -4.30. The Labute approximate surface area is 237 Å². The third kappa shape index (κ3) is 5.02. The second-order valence-electron chi connectivity index (χ2n) is 11.6. The van der Waals surface area contributed by atoms with E-state index >= 15 is 0 Å². The summed E-state index contributed by atoms with van der Waals surface area (Å²) < 4.78 is 3.44. The molecule has 0 aliphatic rings. The molecule has 8 nitrogen and oxygen atoms in total. The molecule has 4 aromatic heterocycles. The summed E-state index contributed by atoms with van der Waals surface area (Å²) >= 11 is 0. The summed E-state index contributed by atoms with van der Waals surface area (Å²) in [6.07, 6.45) is 5.73. The van der Waals surface area contributed by atoms with Crippen molar-refractivity contribution in [3.05, 3.63) is 88.4 Å². The van der Waals surface area contributed by atoms with E-state index in [9.17, 15) is 5.26 Å². The number of aromatic nitrogens is 6. The van der Waals surface area contributed by atoms with Gasteiger partial charge in [0.1, 0.15) is 6.07 Å². The fraction of sp³-hybridized carbons (Fsp3) is 0.438. The average molecular weight is 535 g/mol. The summed E-state index contributed by atoms with van der Waals surface area (Å²) in [5, 5.41) is 18.7. The molecule has 2 atom stereocenters. The van der Waals surface area contributed by atoms with Crippen molar-refractivity contribution in [2.24, 2.45) is 0 Å². The van der Waals surface area contributed by atoms with Crippen LogP contribution in [0.2, 0.25) is 0 Å². The molecule has 0 saturated heterocycles. The quantitative estimate of drug-likeness (QED) is 0.207. The molecule has 0 bridgehead atoms. The highest BCUT2D eigenvalue weighted by molar-refractivity contribution is 5.48. The topological polar surface area (TPSA) is 89.6 Å². The zero-order valence-corrected chi connectivity index (χ0v) is 24.8. The molecule has 4 aromatic rings. The summed E-state index contributed by atoms with van der Waals surface area (Å²) in [6, 6.07) is 14.1. The molecule has 4 heterocycles. The first-order valence-corrected chi connectivity index (χ1v) is 13.9. The first kappa shape index (κ1) is 28.7. The molecular weight excluding hydrogens is 496 g/mol. The van der Waals surface area contributed by atoms with Gasteiger partial charge in [-0.25, -0.2) is 14.6 Å². The fourth-order valence-electron chi connectivity index (χ4n) is 4.76. The lowest BCUT2D eigenvalue weighted by molar-refractivity contribution is 0.288.